The van der Waals surface area contributed by atoms with Crippen molar-refractivity contribution < 1.29 is 91.2 Å². The molecule has 33 nitrogen and oxygen atoms in total. The molecule has 7 rings (SSSR count). The lowest BCUT2D eigenvalue weighted by Crippen LogP contribution is -2.60. The molecule has 0 spiro atoms. The molecule has 1 aliphatic carbocycles. The number of methoxy groups -OCH3 is 2. The lowest BCUT2D eigenvalue weighted by Gasteiger charge is -2.41. The van der Waals surface area contributed by atoms with Crippen LogP contribution in [0.15, 0.2) is 72.3 Å². The zero-order valence-electron chi connectivity index (χ0n) is 66.8. The maximum Gasteiger partial charge on any atom is 0.411 e. The number of aromatic nitrogens is 1. The van der Waals surface area contributed by atoms with Gasteiger partial charge in [0.25, 0.3) is 11.8 Å². The molecule has 2 bridgehead atoms. The highest BCUT2D eigenvalue weighted by Gasteiger charge is 2.53. The van der Waals surface area contributed by atoms with Gasteiger partial charge in [0.1, 0.15) is 41.8 Å². The minimum Gasteiger partial charge on any atom is -0.480 e. The van der Waals surface area contributed by atoms with Crippen LogP contribution in [0.1, 0.15) is 160 Å². The zero-order chi connectivity index (χ0) is 82.9. The molecule has 1 aromatic heterocycles. The van der Waals surface area contributed by atoms with Crippen LogP contribution in [0.2, 0.25) is 0 Å². The van der Waals surface area contributed by atoms with E-state index >= 15 is 9.59 Å². The minimum atomic E-state index is -1.38. The fourth-order valence-electron chi connectivity index (χ4n) is 15.3. The van der Waals surface area contributed by atoms with E-state index in [1.54, 1.807) is 70.8 Å². The summed E-state index contributed by atoms with van der Waals surface area (Å²) in [4.78, 5) is 200. The van der Waals surface area contributed by atoms with Gasteiger partial charge in [-0.3, -0.25) is 62.5 Å². The second-order valence-electron chi connectivity index (χ2n) is 30.2. The number of rotatable bonds is 44. The number of thiazole rings is 1. The zero-order valence-corrected chi connectivity index (χ0v) is 67.6. The van der Waals surface area contributed by atoms with E-state index in [2.05, 4.69) is 42.2 Å². The van der Waals surface area contributed by atoms with Gasteiger partial charge in [-0.1, -0.05) is 91.3 Å². The first-order valence-electron chi connectivity index (χ1n) is 38.8. The van der Waals surface area contributed by atoms with Gasteiger partial charge in [-0.2, -0.15) is 0 Å². The van der Waals surface area contributed by atoms with Gasteiger partial charge in [-0.15, -0.1) is 11.3 Å². The minimum absolute atomic E-state index is 0.0170. The molecule has 34 heteroatoms. The predicted molar refractivity (Wildman–Crippen MR) is 416 cm³/mol. The van der Waals surface area contributed by atoms with Gasteiger partial charge >= 0.3 is 18.1 Å². The Balaban J connectivity index is 1.05. The van der Waals surface area contributed by atoms with E-state index in [4.69, 9.17) is 24.7 Å². The molecule has 113 heavy (non-hydrogen) atoms. The van der Waals surface area contributed by atoms with Crippen LogP contribution in [0.5, 0.6) is 0 Å². The molecule has 4 aliphatic rings. The molecular weight excluding hydrogens is 1480 g/mol. The molecule has 10 N–H and O–H groups in total. The molecule has 4 heterocycles. The third-order valence-corrected chi connectivity index (χ3v) is 22.5. The number of primary amides is 1. The van der Waals surface area contributed by atoms with Gasteiger partial charge < -0.3 is 81.7 Å². The number of fused-ring (bicyclic) bond motifs is 2. The number of urea groups is 1. The number of carboxylic acid groups (broad SMARTS) is 1. The lowest BCUT2D eigenvalue weighted by molar-refractivity contribution is -0.148. The summed E-state index contributed by atoms with van der Waals surface area (Å²) in [6, 6.07) is 5.62. The van der Waals surface area contributed by atoms with Crippen molar-refractivity contribution in [1.82, 2.24) is 61.4 Å². The Morgan fingerprint density at radius 3 is 2.12 bits per heavy atom. The normalized spacial score (nSPS) is 19.1. The van der Waals surface area contributed by atoms with E-state index in [0.717, 1.165) is 34.5 Å². The van der Waals surface area contributed by atoms with Crippen LogP contribution in [-0.2, 0) is 96.1 Å². The van der Waals surface area contributed by atoms with Crippen molar-refractivity contribution in [2.45, 2.75) is 219 Å². The van der Waals surface area contributed by atoms with Crippen molar-refractivity contribution in [3.63, 3.8) is 0 Å². The Bertz CT molecular complexity index is 3830. The first kappa shape index (κ1) is 90.3. The Labute approximate surface area is 664 Å². The van der Waals surface area contributed by atoms with Gasteiger partial charge in [-0.05, 0) is 110 Å². The number of ether oxygens (including phenoxy) is 4. The molecule has 2 saturated heterocycles. The molecule has 0 radical (unpaired) electrons. The molecule has 3 aromatic rings. The van der Waals surface area contributed by atoms with Gasteiger partial charge in [-0.25, -0.2) is 19.4 Å². The Morgan fingerprint density at radius 1 is 0.779 bits per heavy atom. The highest BCUT2D eigenvalue weighted by Crippen LogP contribution is 2.43. The summed E-state index contributed by atoms with van der Waals surface area (Å²) in [6.07, 6.45) is 4.86. The first-order chi connectivity index (χ1) is 53.8. The summed E-state index contributed by atoms with van der Waals surface area (Å²) in [5, 5.41) is 31.7. The van der Waals surface area contributed by atoms with Gasteiger partial charge in [0.2, 0.25) is 53.2 Å². The van der Waals surface area contributed by atoms with Gasteiger partial charge in [0.15, 0.2) is 0 Å². The second-order valence-corrected chi connectivity index (χ2v) is 31.2. The Hall–Kier alpha value is -9.93. The summed E-state index contributed by atoms with van der Waals surface area (Å²) in [5.41, 5.74) is 7.16. The van der Waals surface area contributed by atoms with Crippen LogP contribution in [0.3, 0.4) is 0 Å². The number of amides is 14. The summed E-state index contributed by atoms with van der Waals surface area (Å²) in [7, 11) is 6.12. The predicted octanol–water partition coefficient (Wildman–Crippen LogP) is 4.47. The van der Waals surface area contributed by atoms with Crippen LogP contribution in [0.25, 0.3) is 0 Å². The highest BCUT2D eigenvalue weighted by molar-refractivity contribution is 7.09. The number of hydrogen-bond acceptors (Lipinski definition) is 20. The summed E-state index contributed by atoms with van der Waals surface area (Å²) in [5.74, 6) is -9.18. The second kappa shape index (κ2) is 43.4. The van der Waals surface area contributed by atoms with Crippen LogP contribution in [0, 0.1) is 29.6 Å². The number of benzene rings is 2. The molecule has 2 aromatic carbocycles. The first-order valence-corrected chi connectivity index (χ1v) is 39.7. The maximum absolute atomic E-state index is 15.2. The fourth-order valence-corrected chi connectivity index (χ4v) is 16.0. The number of piperidine rings is 1. The number of aliphatic carboxylic acids is 1. The quantitative estimate of drug-likeness (QED) is 0.0278. The monoisotopic (exact) mass is 1590 g/mol. The van der Waals surface area contributed by atoms with E-state index in [1.165, 1.54) is 47.4 Å². The topological polar surface area (TPSA) is 435 Å². The molecular formula is C79H114N14O19S. The molecule has 0 unspecified atom stereocenters. The van der Waals surface area contributed by atoms with E-state index in [0.29, 0.717) is 62.6 Å². The molecule has 14 atom stereocenters. The average molecular weight is 1600 g/mol. The van der Waals surface area contributed by atoms with Gasteiger partial charge in [0, 0.05) is 103 Å². The number of nitrogens with zero attached hydrogens (tertiary/aromatic N) is 6. The van der Waals surface area contributed by atoms with Crippen LogP contribution in [-0.4, -0.2) is 239 Å². The maximum atomic E-state index is 15.2. The van der Waals surface area contributed by atoms with E-state index in [1.807, 2.05) is 49.6 Å². The Kier molecular flexibility index (Phi) is 34.6. The van der Waals surface area contributed by atoms with Crippen molar-refractivity contribution in [1.29, 1.82) is 0 Å². The largest absolute Gasteiger partial charge is 0.480 e. The number of carboxylic acids is 1. The van der Waals surface area contributed by atoms with Crippen LogP contribution < -0.4 is 43.0 Å². The Morgan fingerprint density at radius 2 is 1.49 bits per heavy atom. The van der Waals surface area contributed by atoms with Crippen molar-refractivity contribution in [2.75, 3.05) is 66.5 Å². The molecule has 620 valence electrons. The number of nitrogens with one attached hydrogen (secondary N) is 7. The molecule has 14 amide bonds. The highest BCUT2D eigenvalue weighted by atomic mass is 32.1. The summed E-state index contributed by atoms with van der Waals surface area (Å²) >= 11 is 1.45. The summed E-state index contributed by atoms with van der Waals surface area (Å²) < 4.78 is 23.9. The standard InChI is InChI=1S/C79H114N14O19S/c1-13-47(6)68(60(109-11)42-65(99)91-34-18-22-59(91)70(110-12)48(7)71(100)86-58(75-81-33-38-113-75)39-50-19-15-14-16-20-50)90(10)76(104)67(46(4)5)88-74(103)69-51-24-26-55(41-51)93(69)79(108)112-44-52-23-25-54(40-53(52)43-89(9)62(96)28-27-57(77(105)106)83-49(8)94)84-72(101)56(21-17-32-82-78(80)107)85-73(102)66(45(2)3)87-61(95)31-36-111-37-35-92-63(97)29-30-64(92)98/h14-16,19-20,23,25,29-30,33,38,40,45-48,51,55-60,66-70H,13,17-18,21-22,24,26-28,31-32,34-37,39,41-44H2,1-12H3,(H,83,94)(H,84,101)(H,85,102)(H,86,100)(H,87,95)(H,88,103)(H,105,106)(H3,80,82,107)/t47-,48+,51-,55+,56-,57-,58-,59-,60+,66-,67-,68-,69-,70+/m0/s1. The van der Waals surface area contributed by atoms with E-state index in [9.17, 15) is 62.6 Å². The molecule has 1 saturated carbocycles. The van der Waals surface area contributed by atoms with Crippen LogP contribution in [0.4, 0.5) is 15.3 Å². The van der Waals surface area contributed by atoms with Crippen molar-refractivity contribution in [2.24, 2.45) is 35.3 Å². The van der Waals surface area contributed by atoms with Crippen molar-refractivity contribution in [3.05, 3.63) is 94.0 Å². The third-order valence-electron chi connectivity index (χ3n) is 21.6. The van der Waals surface area contributed by atoms with Gasteiger partial charge in [0.05, 0.1) is 62.4 Å². The number of anilines is 1. The van der Waals surface area contributed by atoms with E-state index < -0.39 is 162 Å². The number of carbonyl (C=O) groups excluding carboxylic acids is 13. The lowest BCUT2D eigenvalue weighted by atomic mass is 9.89. The van der Waals surface area contributed by atoms with Crippen molar-refractivity contribution in [3.8, 4) is 0 Å². The SMILES string of the molecule is CC[C@H](C)[C@@H]([C@@H](CC(=O)N1CCC[C@H]1[C@H](OC)[C@@H](C)C(=O)N[C@@H](Cc1ccccc1)c1nccs1)OC)N(C)C(=O)[C@@H](NC(=O)[C@@H]1[C@H]2CC[C@H](C2)N1C(=O)OCc1ccc(NC(=O)[C@H](CCCNC(N)=O)NC(=O)[C@@H](NC(=O)CCOCCN2C(=O)C=CC2=O)C(C)C)cc1CN(C)C(=O)CC[C@H](NC(C)=O)C(=O)O)C(C)C. The molecule has 3 aliphatic heterocycles. The fraction of sp³-hybridized carbons (Fsp3) is 0.608. The van der Waals surface area contributed by atoms with E-state index in [-0.39, 0.29) is 101 Å². The smallest absolute Gasteiger partial charge is 0.411 e. The number of carbonyl (C=O) groups is 14. The van der Waals surface area contributed by atoms with Crippen LogP contribution >= 0.6 is 11.3 Å². The number of likely N-dealkylation sites (N-methyl/N-ethyl adjacent to an activating group) is 1. The number of nitrogens with two attached hydrogens (primary N) is 1. The average Bonchev–Trinajstić information content (AvgIpc) is 1.62. The molecule has 3 fully saturated rings. The number of imide groups is 1. The third kappa shape index (κ3) is 25.3. The number of hydrogen-bond donors (Lipinski definition) is 9. The van der Waals surface area contributed by atoms with Crippen molar-refractivity contribution >= 4 is 100 Å². The summed E-state index contributed by atoms with van der Waals surface area (Å²) in [6.45, 7) is 13.5. The number of likely N-dealkylation sites (tertiary alicyclic amines) is 2.